The second kappa shape index (κ2) is 6.49. The largest absolute Gasteiger partial charge is 0.348 e. The Labute approximate surface area is 122 Å². The molecule has 0 spiro atoms. The van der Waals surface area contributed by atoms with E-state index in [1.165, 1.54) is 24.1 Å². The predicted octanol–water partition coefficient (Wildman–Crippen LogP) is 0.306. The van der Waals surface area contributed by atoms with E-state index in [9.17, 15) is 13.2 Å². The van der Waals surface area contributed by atoms with Crippen LogP contribution in [0, 0.1) is 0 Å². The van der Waals surface area contributed by atoms with Gasteiger partial charge in [-0.05, 0) is 26.1 Å². The summed E-state index contributed by atoms with van der Waals surface area (Å²) in [7, 11) is -2.14. The first-order chi connectivity index (χ1) is 9.53. The van der Waals surface area contributed by atoms with E-state index in [1.54, 1.807) is 0 Å². The van der Waals surface area contributed by atoms with Crippen molar-refractivity contribution >= 4 is 27.3 Å². The molecular formula is C12H17N3O3S2. The summed E-state index contributed by atoms with van der Waals surface area (Å²) in [6.45, 7) is 2.26. The summed E-state index contributed by atoms with van der Waals surface area (Å²) in [5.41, 5.74) is 1.19. The number of carbonyl (C=O) groups is 1. The molecule has 1 amide bonds. The highest BCUT2D eigenvalue weighted by Gasteiger charge is 2.17. The lowest BCUT2D eigenvalue weighted by molar-refractivity contribution is 0.0960. The molecule has 0 aliphatic carbocycles. The Morgan fingerprint density at radius 1 is 1.50 bits per heavy atom. The fourth-order valence-corrected chi connectivity index (χ4v) is 3.73. The third-order valence-corrected chi connectivity index (χ3v) is 5.48. The van der Waals surface area contributed by atoms with E-state index in [0.717, 1.165) is 30.8 Å². The van der Waals surface area contributed by atoms with E-state index in [0.29, 0.717) is 11.4 Å². The van der Waals surface area contributed by atoms with Gasteiger partial charge in [-0.2, -0.15) is 0 Å². The number of nitrogens with one attached hydrogen (secondary N) is 3. The first-order valence-corrected chi connectivity index (χ1v) is 8.58. The van der Waals surface area contributed by atoms with Crippen LogP contribution < -0.4 is 15.4 Å². The summed E-state index contributed by atoms with van der Waals surface area (Å²) < 4.78 is 25.4. The molecule has 0 atom stereocenters. The molecular weight excluding hydrogens is 298 g/mol. The maximum Gasteiger partial charge on any atom is 0.261 e. The molecule has 1 aliphatic heterocycles. The Morgan fingerprint density at radius 2 is 2.30 bits per heavy atom. The third-order valence-electron chi connectivity index (χ3n) is 3.01. The van der Waals surface area contributed by atoms with Gasteiger partial charge in [0, 0.05) is 18.5 Å². The molecule has 110 valence electrons. The molecule has 20 heavy (non-hydrogen) atoms. The van der Waals surface area contributed by atoms with E-state index in [2.05, 4.69) is 21.4 Å². The number of rotatable bonds is 5. The van der Waals surface area contributed by atoms with Gasteiger partial charge in [-0.25, -0.2) is 13.1 Å². The molecule has 1 aromatic rings. The van der Waals surface area contributed by atoms with Crippen LogP contribution in [-0.2, 0) is 10.0 Å². The molecule has 1 aliphatic rings. The average Bonchev–Trinajstić information content (AvgIpc) is 2.96. The lowest BCUT2D eigenvalue weighted by atomic mass is 10.1. The maximum absolute atomic E-state index is 12.0. The SMILES string of the molecule is CNS(=O)(=O)c1csc(C(=O)NCC2=CCNCC2)c1. The van der Waals surface area contributed by atoms with Crippen molar-refractivity contribution in [3.63, 3.8) is 0 Å². The smallest absolute Gasteiger partial charge is 0.261 e. The molecule has 1 aromatic heterocycles. The van der Waals surface area contributed by atoms with Crippen molar-refractivity contribution in [2.75, 3.05) is 26.7 Å². The first-order valence-electron chi connectivity index (χ1n) is 6.22. The zero-order chi connectivity index (χ0) is 14.6. The molecule has 0 saturated heterocycles. The van der Waals surface area contributed by atoms with Crippen LogP contribution in [-0.4, -0.2) is 41.0 Å². The highest BCUT2D eigenvalue weighted by atomic mass is 32.2. The summed E-state index contributed by atoms with van der Waals surface area (Å²) in [6, 6.07) is 1.39. The quantitative estimate of drug-likeness (QED) is 0.682. The van der Waals surface area contributed by atoms with Crippen molar-refractivity contribution in [3.05, 3.63) is 28.0 Å². The monoisotopic (exact) mass is 315 g/mol. The molecule has 0 saturated carbocycles. The first kappa shape index (κ1) is 15.2. The van der Waals surface area contributed by atoms with Crippen LogP contribution in [0.4, 0.5) is 0 Å². The molecule has 0 fully saturated rings. The number of carbonyl (C=O) groups excluding carboxylic acids is 1. The van der Waals surface area contributed by atoms with Gasteiger partial charge in [0.1, 0.15) is 0 Å². The zero-order valence-corrected chi connectivity index (χ0v) is 12.7. The minimum atomic E-state index is -3.49. The number of hydrogen-bond acceptors (Lipinski definition) is 5. The van der Waals surface area contributed by atoms with E-state index in [4.69, 9.17) is 0 Å². The van der Waals surface area contributed by atoms with Crippen LogP contribution in [0.3, 0.4) is 0 Å². The van der Waals surface area contributed by atoms with E-state index in [1.807, 2.05) is 0 Å². The van der Waals surface area contributed by atoms with Gasteiger partial charge >= 0.3 is 0 Å². The number of sulfonamides is 1. The fraction of sp³-hybridized carbons (Fsp3) is 0.417. The van der Waals surface area contributed by atoms with Crippen LogP contribution in [0.25, 0.3) is 0 Å². The fourth-order valence-electron chi connectivity index (χ4n) is 1.81. The molecule has 0 unspecified atom stereocenters. The maximum atomic E-state index is 12.0. The number of thiophene rings is 1. The van der Waals surface area contributed by atoms with Crippen LogP contribution in [0.5, 0.6) is 0 Å². The van der Waals surface area contributed by atoms with E-state index in [-0.39, 0.29) is 10.8 Å². The van der Waals surface area contributed by atoms with Crippen molar-refractivity contribution in [3.8, 4) is 0 Å². The van der Waals surface area contributed by atoms with Crippen molar-refractivity contribution in [1.82, 2.24) is 15.4 Å². The molecule has 6 nitrogen and oxygen atoms in total. The standard InChI is InChI=1S/C12H17N3O3S2/c1-13-20(17,18)10-6-11(19-8-10)12(16)15-7-9-2-4-14-5-3-9/h2,6,8,13-14H,3-5,7H2,1H3,(H,15,16). The van der Waals surface area contributed by atoms with Crippen LogP contribution in [0.1, 0.15) is 16.1 Å². The number of amides is 1. The lowest BCUT2D eigenvalue weighted by Crippen LogP contribution is -2.29. The van der Waals surface area contributed by atoms with Gasteiger partial charge in [0.25, 0.3) is 5.91 Å². The van der Waals surface area contributed by atoms with Gasteiger partial charge in [0.05, 0.1) is 9.77 Å². The molecule has 0 radical (unpaired) electrons. The molecule has 3 N–H and O–H groups in total. The van der Waals surface area contributed by atoms with Gasteiger partial charge in [0.2, 0.25) is 10.0 Å². The highest BCUT2D eigenvalue weighted by molar-refractivity contribution is 7.89. The van der Waals surface area contributed by atoms with E-state index >= 15 is 0 Å². The Balaban J connectivity index is 1.98. The third kappa shape index (κ3) is 3.66. The Kier molecular flexibility index (Phi) is 4.92. The van der Waals surface area contributed by atoms with Gasteiger partial charge < -0.3 is 10.6 Å². The van der Waals surface area contributed by atoms with Gasteiger partial charge in [-0.15, -0.1) is 11.3 Å². The van der Waals surface area contributed by atoms with Crippen LogP contribution >= 0.6 is 11.3 Å². The summed E-state index contributed by atoms with van der Waals surface area (Å²) in [4.78, 5) is 12.5. The highest BCUT2D eigenvalue weighted by Crippen LogP contribution is 2.19. The van der Waals surface area contributed by atoms with Crippen molar-refractivity contribution < 1.29 is 13.2 Å². The molecule has 2 rings (SSSR count). The van der Waals surface area contributed by atoms with Gasteiger partial charge in [0.15, 0.2) is 0 Å². The average molecular weight is 315 g/mol. The Hall–Kier alpha value is -1.22. The second-order valence-electron chi connectivity index (χ2n) is 4.35. The molecule has 0 aromatic carbocycles. The van der Waals surface area contributed by atoms with Crippen LogP contribution in [0.15, 0.2) is 28.0 Å². The minimum Gasteiger partial charge on any atom is -0.348 e. The molecule has 8 heteroatoms. The summed E-state index contributed by atoms with van der Waals surface area (Å²) in [5, 5.41) is 7.47. The van der Waals surface area contributed by atoms with E-state index < -0.39 is 10.0 Å². The predicted molar refractivity (Wildman–Crippen MR) is 78.5 cm³/mol. The Bertz CT molecular complexity index is 620. The minimum absolute atomic E-state index is 0.122. The van der Waals surface area contributed by atoms with Crippen LogP contribution in [0.2, 0.25) is 0 Å². The topological polar surface area (TPSA) is 87.3 Å². The second-order valence-corrected chi connectivity index (χ2v) is 7.15. The zero-order valence-electron chi connectivity index (χ0n) is 11.1. The summed E-state index contributed by atoms with van der Waals surface area (Å²) in [6.07, 6.45) is 2.99. The number of hydrogen-bond donors (Lipinski definition) is 3. The molecule has 2 heterocycles. The molecule has 0 bridgehead atoms. The Morgan fingerprint density at radius 3 is 2.95 bits per heavy atom. The van der Waals surface area contributed by atoms with Crippen molar-refractivity contribution in [1.29, 1.82) is 0 Å². The van der Waals surface area contributed by atoms with Gasteiger partial charge in [-0.3, -0.25) is 4.79 Å². The lowest BCUT2D eigenvalue weighted by Gasteiger charge is -2.14. The summed E-state index contributed by atoms with van der Waals surface area (Å²) in [5.74, 6) is -0.244. The van der Waals surface area contributed by atoms with Gasteiger partial charge in [-0.1, -0.05) is 11.6 Å². The van der Waals surface area contributed by atoms with Crippen molar-refractivity contribution in [2.24, 2.45) is 0 Å². The van der Waals surface area contributed by atoms with Crippen molar-refractivity contribution in [2.45, 2.75) is 11.3 Å². The summed E-state index contributed by atoms with van der Waals surface area (Å²) >= 11 is 1.12. The normalized spacial score (nSPS) is 15.8.